The molecule has 3 aromatic heterocycles. The molecule has 0 aliphatic carbocycles. The van der Waals surface area contributed by atoms with Gasteiger partial charge in [-0.3, -0.25) is 9.20 Å². The summed E-state index contributed by atoms with van der Waals surface area (Å²) in [6.45, 7) is 2.21. The van der Waals surface area contributed by atoms with Crippen molar-refractivity contribution in [3.05, 3.63) is 45.4 Å². The first kappa shape index (κ1) is 15.2. The molecule has 3 heterocycles. The van der Waals surface area contributed by atoms with Crippen LogP contribution >= 0.6 is 22.7 Å². The number of carbonyl (C=O) groups excluding carboxylic acids is 1. The topological polar surface area (TPSA) is 66.6 Å². The number of aryl methyl sites for hydroxylation is 2. The van der Waals surface area contributed by atoms with E-state index in [9.17, 15) is 9.90 Å². The first-order chi connectivity index (χ1) is 10.6. The molecular formula is C15H17N3O2S2. The first-order valence-corrected chi connectivity index (χ1v) is 8.84. The fourth-order valence-electron chi connectivity index (χ4n) is 2.24. The van der Waals surface area contributed by atoms with Gasteiger partial charge < -0.3 is 10.4 Å². The van der Waals surface area contributed by atoms with Crippen molar-refractivity contribution in [3.8, 4) is 0 Å². The highest BCUT2D eigenvalue weighted by Crippen LogP contribution is 2.18. The minimum Gasteiger partial charge on any atom is -0.387 e. The van der Waals surface area contributed by atoms with Gasteiger partial charge in [0.05, 0.1) is 11.8 Å². The number of aromatic nitrogens is 2. The predicted octanol–water partition coefficient (Wildman–Crippen LogP) is 2.55. The van der Waals surface area contributed by atoms with E-state index in [0.717, 1.165) is 21.9 Å². The fraction of sp³-hybridized carbons (Fsp3) is 0.333. The molecule has 0 fully saturated rings. The van der Waals surface area contributed by atoms with E-state index in [1.807, 2.05) is 39.7 Å². The van der Waals surface area contributed by atoms with Gasteiger partial charge in [-0.1, -0.05) is 0 Å². The third kappa shape index (κ3) is 3.37. The Morgan fingerprint density at radius 3 is 3.14 bits per heavy atom. The second-order valence-corrected chi connectivity index (χ2v) is 6.76. The molecule has 7 heteroatoms. The van der Waals surface area contributed by atoms with E-state index in [1.54, 1.807) is 11.3 Å². The summed E-state index contributed by atoms with van der Waals surface area (Å²) in [4.78, 5) is 17.3. The lowest BCUT2D eigenvalue weighted by atomic mass is 10.2. The van der Waals surface area contributed by atoms with E-state index in [1.165, 1.54) is 11.3 Å². The molecule has 5 nitrogen and oxygen atoms in total. The van der Waals surface area contributed by atoms with Crippen LogP contribution in [0.4, 0.5) is 0 Å². The van der Waals surface area contributed by atoms with E-state index in [0.29, 0.717) is 12.8 Å². The van der Waals surface area contributed by atoms with Crippen LogP contribution in [-0.4, -0.2) is 26.9 Å². The standard InChI is InChI=1S/C15H17N3O2S2/c1-10-7-18-12(9-22-15(18)17-10)2-3-14(20)16-6-13(19)11-4-5-21-8-11/h4-5,7-9,13,19H,2-3,6H2,1H3,(H,16,20). The third-order valence-corrected chi connectivity index (χ3v) is 5.02. The van der Waals surface area contributed by atoms with Crippen molar-refractivity contribution in [2.75, 3.05) is 6.54 Å². The molecule has 0 aliphatic heterocycles. The van der Waals surface area contributed by atoms with Crippen LogP contribution in [0.2, 0.25) is 0 Å². The molecule has 1 unspecified atom stereocenters. The number of aliphatic hydroxyl groups excluding tert-OH is 1. The highest BCUT2D eigenvalue weighted by molar-refractivity contribution is 7.15. The van der Waals surface area contributed by atoms with E-state index in [-0.39, 0.29) is 12.5 Å². The molecule has 3 rings (SSSR count). The number of nitrogens with one attached hydrogen (secondary N) is 1. The van der Waals surface area contributed by atoms with Crippen molar-refractivity contribution >= 4 is 33.5 Å². The monoisotopic (exact) mass is 335 g/mol. The predicted molar refractivity (Wildman–Crippen MR) is 88.4 cm³/mol. The molecule has 2 N–H and O–H groups in total. The van der Waals surface area contributed by atoms with Gasteiger partial charge >= 0.3 is 0 Å². The van der Waals surface area contributed by atoms with Crippen LogP contribution in [0.3, 0.4) is 0 Å². The Hall–Kier alpha value is -1.70. The number of nitrogens with zero attached hydrogens (tertiary/aromatic N) is 2. The molecular weight excluding hydrogens is 318 g/mol. The van der Waals surface area contributed by atoms with Gasteiger partial charge in [-0.25, -0.2) is 4.98 Å². The maximum atomic E-state index is 11.9. The van der Waals surface area contributed by atoms with Crippen molar-refractivity contribution in [3.63, 3.8) is 0 Å². The lowest BCUT2D eigenvalue weighted by Gasteiger charge is -2.10. The number of thiazole rings is 1. The number of thiophene rings is 1. The molecule has 0 saturated heterocycles. The van der Waals surface area contributed by atoms with Crippen LogP contribution in [0.5, 0.6) is 0 Å². The molecule has 0 bridgehead atoms. The quantitative estimate of drug-likeness (QED) is 0.727. The summed E-state index contributed by atoms with van der Waals surface area (Å²) in [5.41, 5.74) is 2.92. The van der Waals surface area contributed by atoms with Gasteiger partial charge in [0.1, 0.15) is 0 Å². The van der Waals surface area contributed by atoms with Gasteiger partial charge in [-0.2, -0.15) is 11.3 Å². The van der Waals surface area contributed by atoms with Crippen LogP contribution in [0.15, 0.2) is 28.4 Å². The molecule has 0 saturated carbocycles. The van der Waals surface area contributed by atoms with Gasteiger partial charge in [0.25, 0.3) is 0 Å². The Bertz CT molecular complexity index is 761. The van der Waals surface area contributed by atoms with Crippen molar-refractivity contribution < 1.29 is 9.90 Å². The highest BCUT2D eigenvalue weighted by Gasteiger charge is 2.11. The van der Waals surface area contributed by atoms with Crippen LogP contribution in [0.25, 0.3) is 4.96 Å². The normalized spacial score (nSPS) is 12.6. The van der Waals surface area contributed by atoms with Gasteiger partial charge in [0.15, 0.2) is 4.96 Å². The van der Waals surface area contributed by atoms with Gasteiger partial charge in [0, 0.05) is 30.2 Å². The van der Waals surface area contributed by atoms with Crippen LogP contribution < -0.4 is 5.32 Å². The third-order valence-electron chi connectivity index (χ3n) is 3.43. The lowest BCUT2D eigenvalue weighted by molar-refractivity contribution is -0.121. The summed E-state index contributed by atoms with van der Waals surface area (Å²) in [7, 11) is 0. The molecule has 0 aliphatic rings. The Morgan fingerprint density at radius 2 is 2.36 bits per heavy atom. The molecule has 116 valence electrons. The number of carbonyl (C=O) groups is 1. The minimum absolute atomic E-state index is 0.0505. The maximum Gasteiger partial charge on any atom is 0.220 e. The zero-order valence-corrected chi connectivity index (χ0v) is 13.8. The smallest absolute Gasteiger partial charge is 0.220 e. The minimum atomic E-state index is -0.639. The lowest BCUT2D eigenvalue weighted by Crippen LogP contribution is -2.28. The summed E-state index contributed by atoms with van der Waals surface area (Å²) < 4.78 is 2.04. The summed E-state index contributed by atoms with van der Waals surface area (Å²) >= 11 is 3.12. The maximum absolute atomic E-state index is 11.9. The number of fused-ring (bicyclic) bond motifs is 1. The molecule has 3 aromatic rings. The fourth-order valence-corrected chi connectivity index (χ4v) is 3.90. The SMILES string of the molecule is Cc1cn2c(CCC(=O)NCC(O)c3ccsc3)csc2n1. The zero-order valence-electron chi connectivity index (χ0n) is 12.2. The van der Waals surface area contributed by atoms with Crippen molar-refractivity contribution in [2.45, 2.75) is 25.9 Å². The first-order valence-electron chi connectivity index (χ1n) is 7.02. The van der Waals surface area contributed by atoms with E-state index in [4.69, 9.17) is 0 Å². The number of hydrogen-bond acceptors (Lipinski definition) is 5. The molecule has 22 heavy (non-hydrogen) atoms. The summed E-state index contributed by atoms with van der Waals surface area (Å²) in [6, 6.07) is 1.87. The summed E-state index contributed by atoms with van der Waals surface area (Å²) in [5, 5.41) is 18.6. The molecule has 1 atom stereocenters. The van der Waals surface area contributed by atoms with Crippen LogP contribution in [0.1, 0.15) is 29.5 Å². The summed E-state index contributed by atoms with van der Waals surface area (Å²) in [6.07, 6.45) is 2.41. The van der Waals surface area contributed by atoms with Gasteiger partial charge in [-0.15, -0.1) is 11.3 Å². The molecule has 1 amide bonds. The Kier molecular flexibility index (Phi) is 4.56. The van der Waals surface area contributed by atoms with Crippen molar-refractivity contribution in [2.24, 2.45) is 0 Å². The van der Waals surface area contributed by atoms with Gasteiger partial charge in [0.2, 0.25) is 5.91 Å². The van der Waals surface area contributed by atoms with Crippen molar-refractivity contribution in [1.82, 2.24) is 14.7 Å². The Balaban J connectivity index is 1.50. The van der Waals surface area contributed by atoms with E-state index >= 15 is 0 Å². The molecule has 0 aromatic carbocycles. The van der Waals surface area contributed by atoms with E-state index in [2.05, 4.69) is 10.3 Å². The number of rotatable bonds is 6. The second kappa shape index (κ2) is 6.60. The average Bonchev–Trinajstić information content (AvgIpc) is 3.19. The Labute approximate surface area is 136 Å². The summed E-state index contributed by atoms with van der Waals surface area (Å²) in [5.74, 6) is -0.0505. The van der Waals surface area contributed by atoms with Crippen molar-refractivity contribution in [1.29, 1.82) is 0 Å². The highest BCUT2D eigenvalue weighted by atomic mass is 32.1. The average molecular weight is 335 g/mol. The second-order valence-electron chi connectivity index (χ2n) is 5.14. The number of amides is 1. The zero-order chi connectivity index (χ0) is 15.5. The number of aliphatic hydroxyl groups is 1. The molecule has 0 radical (unpaired) electrons. The van der Waals surface area contributed by atoms with Gasteiger partial charge in [-0.05, 0) is 35.7 Å². The Morgan fingerprint density at radius 1 is 1.50 bits per heavy atom. The van der Waals surface area contributed by atoms with Crippen LogP contribution in [-0.2, 0) is 11.2 Å². The van der Waals surface area contributed by atoms with E-state index < -0.39 is 6.10 Å². The van der Waals surface area contributed by atoms with Crippen LogP contribution in [0, 0.1) is 6.92 Å². The number of imidazole rings is 1. The number of hydrogen-bond donors (Lipinski definition) is 2. The molecule has 0 spiro atoms. The largest absolute Gasteiger partial charge is 0.387 e.